The molecule has 0 aliphatic rings. The van der Waals surface area contributed by atoms with Gasteiger partial charge in [-0.1, -0.05) is 19.9 Å². The highest BCUT2D eigenvalue weighted by Crippen LogP contribution is 2.16. The van der Waals surface area contributed by atoms with Gasteiger partial charge in [0.25, 0.3) is 0 Å². The van der Waals surface area contributed by atoms with Crippen LogP contribution in [-0.4, -0.2) is 31.1 Å². The third-order valence-corrected chi connectivity index (χ3v) is 3.10. The highest BCUT2D eigenvalue weighted by molar-refractivity contribution is 5.34. The van der Waals surface area contributed by atoms with Gasteiger partial charge in [0.05, 0.1) is 0 Å². The highest BCUT2D eigenvalue weighted by atomic mass is 16.5. The van der Waals surface area contributed by atoms with E-state index in [0.717, 1.165) is 32.0 Å². The summed E-state index contributed by atoms with van der Waals surface area (Å²) in [6.45, 7) is 10.9. The van der Waals surface area contributed by atoms with Gasteiger partial charge in [0.1, 0.15) is 12.4 Å². The molecule has 0 heterocycles. The Labute approximate surface area is 105 Å². The zero-order chi connectivity index (χ0) is 12.7. The monoisotopic (exact) mass is 236 g/mol. The minimum absolute atomic E-state index is 0.589. The van der Waals surface area contributed by atoms with Gasteiger partial charge in [0.2, 0.25) is 0 Å². The first-order valence-corrected chi connectivity index (χ1v) is 6.36. The lowest BCUT2D eigenvalue weighted by Crippen LogP contribution is -2.27. The molecule has 0 amide bonds. The average Bonchev–Trinajstić information content (AvgIpc) is 2.35. The van der Waals surface area contributed by atoms with Crippen LogP contribution in [0, 0.1) is 6.92 Å². The smallest absolute Gasteiger partial charge is 0.119 e. The van der Waals surface area contributed by atoms with E-state index in [-0.39, 0.29) is 0 Å². The summed E-state index contributed by atoms with van der Waals surface area (Å²) in [6.07, 6.45) is 0. The maximum absolute atomic E-state index is 5.74. The Hall–Kier alpha value is -1.06. The number of nitrogens with two attached hydrogens (primary N) is 1. The van der Waals surface area contributed by atoms with E-state index in [1.807, 2.05) is 12.1 Å². The Morgan fingerprint density at radius 2 is 1.94 bits per heavy atom. The highest BCUT2D eigenvalue weighted by Gasteiger charge is 2.01. The van der Waals surface area contributed by atoms with Gasteiger partial charge < -0.3 is 15.4 Å². The summed E-state index contributed by atoms with van der Waals surface area (Å²) in [6, 6.07) is 6.10. The van der Waals surface area contributed by atoms with E-state index < -0.39 is 0 Å². The van der Waals surface area contributed by atoms with Crippen LogP contribution in [0.1, 0.15) is 25.0 Å². The summed E-state index contributed by atoms with van der Waals surface area (Å²) in [5.74, 6) is 0.937. The second-order valence-electron chi connectivity index (χ2n) is 4.17. The van der Waals surface area contributed by atoms with Crippen LogP contribution in [-0.2, 0) is 6.54 Å². The number of nitrogens with zero attached hydrogens (tertiary/aromatic N) is 1. The van der Waals surface area contributed by atoms with Crippen molar-refractivity contribution in [1.29, 1.82) is 0 Å². The molecular weight excluding hydrogens is 212 g/mol. The van der Waals surface area contributed by atoms with Crippen molar-refractivity contribution >= 4 is 0 Å². The third kappa shape index (κ3) is 4.36. The van der Waals surface area contributed by atoms with E-state index in [1.54, 1.807) is 0 Å². The quantitative estimate of drug-likeness (QED) is 0.788. The molecule has 3 nitrogen and oxygen atoms in total. The summed E-state index contributed by atoms with van der Waals surface area (Å²) >= 11 is 0. The zero-order valence-electron chi connectivity index (χ0n) is 11.2. The predicted molar refractivity (Wildman–Crippen MR) is 72.4 cm³/mol. The van der Waals surface area contributed by atoms with E-state index in [9.17, 15) is 0 Å². The first kappa shape index (κ1) is 14.0. The minimum atomic E-state index is 0.589. The van der Waals surface area contributed by atoms with Crippen molar-refractivity contribution in [3.8, 4) is 5.75 Å². The molecule has 0 bridgehead atoms. The molecule has 0 saturated heterocycles. The molecule has 0 saturated carbocycles. The largest absolute Gasteiger partial charge is 0.492 e. The first-order chi connectivity index (χ1) is 8.21. The number of hydrogen-bond acceptors (Lipinski definition) is 3. The van der Waals surface area contributed by atoms with Crippen LogP contribution in [0.2, 0.25) is 0 Å². The van der Waals surface area contributed by atoms with Crippen LogP contribution in [0.25, 0.3) is 0 Å². The number of ether oxygens (including phenoxy) is 1. The molecular formula is C14H24N2O. The molecule has 0 aliphatic carbocycles. The molecule has 0 fully saturated rings. The summed E-state index contributed by atoms with van der Waals surface area (Å²) in [4.78, 5) is 2.35. The van der Waals surface area contributed by atoms with Gasteiger partial charge in [-0.3, -0.25) is 0 Å². The first-order valence-electron chi connectivity index (χ1n) is 6.36. The normalized spacial score (nSPS) is 10.9. The SMILES string of the molecule is CCN(CC)CCOc1ccc(CN)c(C)c1. The number of rotatable bonds is 7. The Kier molecular flexibility index (Phi) is 6.01. The maximum atomic E-state index is 5.74. The molecule has 0 unspecified atom stereocenters. The maximum Gasteiger partial charge on any atom is 0.119 e. The van der Waals surface area contributed by atoms with Crippen LogP contribution in [0.15, 0.2) is 18.2 Å². The molecule has 3 heteroatoms. The fourth-order valence-corrected chi connectivity index (χ4v) is 1.82. The van der Waals surface area contributed by atoms with Crippen molar-refractivity contribution in [3.63, 3.8) is 0 Å². The van der Waals surface area contributed by atoms with Crippen LogP contribution < -0.4 is 10.5 Å². The van der Waals surface area contributed by atoms with Gasteiger partial charge in [-0.25, -0.2) is 0 Å². The lowest BCUT2D eigenvalue weighted by molar-refractivity contribution is 0.222. The molecule has 0 radical (unpaired) electrons. The predicted octanol–water partition coefficient (Wildman–Crippen LogP) is 2.17. The fourth-order valence-electron chi connectivity index (χ4n) is 1.82. The average molecular weight is 236 g/mol. The van der Waals surface area contributed by atoms with Crippen LogP contribution >= 0.6 is 0 Å². The van der Waals surface area contributed by atoms with Crippen molar-refractivity contribution in [1.82, 2.24) is 4.90 Å². The van der Waals surface area contributed by atoms with Crippen LogP contribution in [0.3, 0.4) is 0 Å². The van der Waals surface area contributed by atoms with E-state index in [1.165, 1.54) is 11.1 Å². The summed E-state index contributed by atoms with van der Waals surface area (Å²) < 4.78 is 5.74. The lowest BCUT2D eigenvalue weighted by atomic mass is 10.1. The topological polar surface area (TPSA) is 38.5 Å². The molecule has 1 aromatic carbocycles. The fraction of sp³-hybridized carbons (Fsp3) is 0.571. The Balaban J connectivity index is 2.44. The van der Waals surface area contributed by atoms with Gasteiger partial charge in [-0.2, -0.15) is 0 Å². The molecule has 96 valence electrons. The third-order valence-electron chi connectivity index (χ3n) is 3.10. The summed E-state index contributed by atoms with van der Waals surface area (Å²) in [7, 11) is 0. The van der Waals surface area contributed by atoms with Crippen LogP contribution in [0.4, 0.5) is 0 Å². The standard InChI is InChI=1S/C14H24N2O/c1-4-16(5-2)8-9-17-14-7-6-13(11-15)12(3)10-14/h6-7,10H,4-5,8-9,11,15H2,1-3H3. The van der Waals surface area contributed by atoms with E-state index >= 15 is 0 Å². The molecule has 1 rings (SSSR count). The van der Waals surface area contributed by atoms with Gasteiger partial charge in [0, 0.05) is 13.1 Å². The molecule has 0 aliphatic heterocycles. The number of likely N-dealkylation sites (N-methyl/N-ethyl adjacent to an activating group) is 1. The Bertz CT molecular complexity index is 335. The zero-order valence-corrected chi connectivity index (χ0v) is 11.2. The summed E-state index contributed by atoms with van der Waals surface area (Å²) in [5.41, 5.74) is 8.01. The van der Waals surface area contributed by atoms with Gasteiger partial charge in [0.15, 0.2) is 0 Å². The molecule has 0 aromatic heterocycles. The van der Waals surface area contributed by atoms with Crippen LogP contribution in [0.5, 0.6) is 5.75 Å². The van der Waals surface area contributed by atoms with E-state index in [0.29, 0.717) is 6.54 Å². The number of hydrogen-bond donors (Lipinski definition) is 1. The summed E-state index contributed by atoms with van der Waals surface area (Å²) in [5, 5.41) is 0. The minimum Gasteiger partial charge on any atom is -0.492 e. The van der Waals surface area contributed by atoms with Crippen molar-refractivity contribution in [2.24, 2.45) is 5.73 Å². The molecule has 17 heavy (non-hydrogen) atoms. The van der Waals surface area contributed by atoms with Crippen molar-refractivity contribution in [2.45, 2.75) is 27.3 Å². The number of benzene rings is 1. The van der Waals surface area contributed by atoms with Gasteiger partial charge >= 0.3 is 0 Å². The van der Waals surface area contributed by atoms with E-state index in [4.69, 9.17) is 10.5 Å². The second kappa shape index (κ2) is 7.30. The molecule has 1 aromatic rings. The number of aryl methyl sites for hydroxylation is 1. The van der Waals surface area contributed by atoms with Crippen molar-refractivity contribution in [3.05, 3.63) is 29.3 Å². The second-order valence-corrected chi connectivity index (χ2v) is 4.17. The van der Waals surface area contributed by atoms with Gasteiger partial charge in [-0.05, 0) is 43.3 Å². The molecule has 0 spiro atoms. The van der Waals surface area contributed by atoms with Crippen molar-refractivity contribution < 1.29 is 4.74 Å². The molecule has 0 atom stereocenters. The van der Waals surface area contributed by atoms with Crippen molar-refractivity contribution in [2.75, 3.05) is 26.2 Å². The Morgan fingerprint density at radius 1 is 1.24 bits per heavy atom. The van der Waals surface area contributed by atoms with E-state index in [2.05, 4.69) is 31.7 Å². The van der Waals surface area contributed by atoms with Gasteiger partial charge in [-0.15, -0.1) is 0 Å². The lowest BCUT2D eigenvalue weighted by Gasteiger charge is -2.18. The molecule has 2 N–H and O–H groups in total. The Morgan fingerprint density at radius 3 is 2.47 bits per heavy atom.